The summed E-state index contributed by atoms with van der Waals surface area (Å²) in [7, 11) is 1.39. The van der Waals surface area contributed by atoms with E-state index in [-0.39, 0.29) is 28.1 Å². The average Bonchev–Trinajstić information content (AvgIpc) is 2.60. The van der Waals surface area contributed by atoms with E-state index in [9.17, 15) is 4.79 Å². The fraction of sp³-hybridized carbons (Fsp3) is 0.941. The first-order valence-electron chi connectivity index (χ1n) is 8.12. The number of ketones is 1. The third-order valence-corrected chi connectivity index (χ3v) is 10.3. The van der Waals surface area contributed by atoms with Crippen LogP contribution in [-0.4, -0.2) is 41.2 Å². The Morgan fingerprint density at radius 2 is 1.73 bits per heavy atom. The molecule has 0 radical (unpaired) electrons. The van der Waals surface area contributed by atoms with Crippen LogP contribution >= 0.6 is 0 Å². The molecule has 0 aromatic rings. The molecule has 22 heavy (non-hydrogen) atoms. The normalized spacial score (nSPS) is 26.0. The standard InChI is InChI=1S/C17H34O4Si/c1-16(2,3)22(8,9)21-11-12-10-13(15(19-6)20-7)14(18)17(12,4)5/h12-13,15H,10-11H2,1-9H3/t12-,13?/m1/s1. The maximum Gasteiger partial charge on any atom is 0.191 e. The molecule has 4 nitrogen and oxygen atoms in total. The molecule has 0 heterocycles. The van der Waals surface area contributed by atoms with Crippen LogP contribution in [0, 0.1) is 17.3 Å². The number of carbonyl (C=O) groups excluding carboxylic acids is 1. The monoisotopic (exact) mass is 330 g/mol. The molecular weight excluding hydrogens is 296 g/mol. The van der Waals surface area contributed by atoms with E-state index in [1.54, 1.807) is 14.2 Å². The van der Waals surface area contributed by atoms with E-state index in [0.717, 1.165) is 6.42 Å². The molecule has 0 saturated heterocycles. The molecule has 1 aliphatic rings. The summed E-state index contributed by atoms with van der Waals surface area (Å²) >= 11 is 0. The zero-order valence-electron chi connectivity index (χ0n) is 15.8. The highest BCUT2D eigenvalue weighted by Crippen LogP contribution is 2.46. The van der Waals surface area contributed by atoms with Crippen molar-refractivity contribution in [2.45, 2.75) is 65.5 Å². The summed E-state index contributed by atoms with van der Waals surface area (Å²) in [4.78, 5) is 12.7. The highest BCUT2D eigenvalue weighted by atomic mass is 28.4. The lowest BCUT2D eigenvalue weighted by Crippen LogP contribution is -2.43. The SMILES string of the molecule is COC(OC)C1C[C@H](CO[Si](C)(C)C(C)(C)C)C(C)(C)C1=O. The van der Waals surface area contributed by atoms with Gasteiger partial charge in [0.15, 0.2) is 14.6 Å². The average molecular weight is 331 g/mol. The van der Waals surface area contributed by atoms with Gasteiger partial charge in [-0.1, -0.05) is 34.6 Å². The van der Waals surface area contributed by atoms with Crippen molar-refractivity contribution in [1.82, 2.24) is 0 Å². The molecule has 2 atom stereocenters. The zero-order valence-corrected chi connectivity index (χ0v) is 16.8. The van der Waals surface area contributed by atoms with Crippen LogP contribution < -0.4 is 0 Å². The summed E-state index contributed by atoms with van der Waals surface area (Å²) in [6.07, 6.45) is 0.317. The van der Waals surface area contributed by atoms with Gasteiger partial charge in [-0.2, -0.15) is 0 Å². The molecule has 1 saturated carbocycles. The quantitative estimate of drug-likeness (QED) is 0.548. The van der Waals surface area contributed by atoms with E-state index < -0.39 is 14.6 Å². The zero-order chi connectivity index (χ0) is 17.3. The van der Waals surface area contributed by atoms with Crippen molar-refractivity contribution in [3.05, 3.63) is 0 Å². The van der Waals surface area contributed by atoms with E-state index in [0.29, 0.717) is 6.61 Å². The van der Waals surface area contributed by atoms with Gasteiger partial charge in [-0.15, -0.1) is 0 Å². The molecule has 0 aromatic carbocycles. The lowest BCUT2D eigenvalue weighted by atomic mass is 9.81. The maximum absolute atomic E-state index is 12.7. The van der Waals surface area contributed by atoms with Crippen molar-refractivity contribution in [2.24, 2.45) is 17.3 Å². The summed E-state index contributed by atoms with van der Waals surface area (Å²) in [5.41, 5.74) is -0.387. The minimum absolute atomic E-state index is 0.181. The molecular formula is C17H34O4Si. The predicted molar refractivity (Wildman–Crippen MR) is 91.3 cm³/mol. The second-order valence-electron chi connectivity index (χ2n) is 8.54. The van der Waals surface area contributed by atoms with Crippen molar-refractivity contribution < 1.29 is 18.7 Å². The Balaban J connectivity index is 2.82. The number of carbonyl (C=O) groups is 1. The van der Waals surface area contributed by atoms with Crippen LogP contribution in [0.5, 0.6) is 0 Å². The fourth-order valence-electron chi connectivity index (χ4n) is 2.85. The Kier molecular flexibility index (Phi) is 6.05. The van der Waals surface area contributed by atoms with Gasteiger partial charge in [-0.3, -0.25) is 4.79 Å². The van der Waals surface area contributed by atoms with E-state index in [1.807, 2.05) is 13.8 Å². The van der Waals surface area contributed by atoms with Crippen molar-refractivity contribution in [3.63, 3.8) is 0 Å². The van der Waals surface area contributed by atoms with Crippen molar-refractivity contribution in [2.75, 3.05) is 20.8 Å². The molecule has 0 amide bonds. The summed E-state index contributed by atoms with van der Waals surface area (Å²) in [5.74, 6) is 0.245. The third-order valence-electron chi connectivity index (χ3n) is 5.78. The highest BCUT2D eigenvalue weighted by Gasteiger charge is 2.52. The molecule has 1 rings (SSSR count). The number of rotatable bonds is 6. The largest absolute Gasteiger partial charge is 0.417 e. The van der Waals surface area contributed by atoms with Gasteiger partial charge in [-0.25, -0.2) is 0 Å². The number of hydrogen-bond acceptors (Lipinski definition) is 4. The van der Waals surface area contributed by atoms with Crippen LogP contribution in [0.25, 0.3) is 0 Å². The molecule has 0 spiro atoms. The van der Waals surface area contributed by atoms with E-state index >= 15 is 0 Å². The van der Waals surface area contributed by atoms with Crippen LogP contribution in [0.3, 0.4) is 0 Å². The summed E-state index contributed by atoms with van der Waals surface area (Å²) < 4.78 is 17.0. The van der Waals surface area contributed by atoms with Gasteiger partial charge in [0.2, 0.25) is 0 Å². The molecule has 5 heteroatoms. The molecule has 1 aliphatic carbocycles. The topological polar surface area (TPSA) is 44.8 Å². The van der Waals surface area contributed by atoms with Crippen molar-refractivity contribution in [1.29, 1.82) is 0 Å². The third kappa shape index (κ3) is 3.81. The van der Waals surface area contributed by atoms with Crippen LogP contribution in [0.4, 0.5) is 0 Å². The molecule has 0 aliphatic heterocycles. The molecule has 130 valence electrons. The predicted octanol–water partition coefficient (Wildman–Crippen LogP) is 3.86. The Bertz CT molecular complexity index is 394. The molecule has 0 bridgehead atoms. The van der Waals surface area contributed by atoms with Gasteiger partial charge in [-0.05, 0) is 30.5 Å². The van der Waals surface area contributed by atoms with E-state index in [2.05, 4.69) is 33.9 Å². The summed E-state index contributed by atoms with van der Waals surface area (Å²) in [5, 5.41) is 0.181. The van der Waals surface area contributed by atoms with Crippen LogP contribution in [0.15, 0.2) is 0 Å². The Morgan fingerprint density at radius 1 is 1.23 bits per heavy atom. The first kappa shape index (κ1) is 19.8. The second-order valence-corrected chi connectivity index (χ2v) is 13.3. The smallest absolute Gasteiger partial charge is 0.191 e. The number of hydrogen-bond donors (Lipinski definition) is 0. The first-order valence-corrected chi connectivity index (χ1v) is 11.0. The second kappa shape index (κ2) is 6.71. The number of Topliss-reactive ketones (excluding diaryl/α,β-unsaturated/α-hetero) is 1. The van der Waals surface area contributed by atoms with Gasteiger partial charge in [0.1, 0.15) is 5.78 Å². The van der Waals surface area contributed by atoms with Gasteiger partial charge in [0.25, 0.3) is 0 Å². The number of ether oxygens (including phenoxy) is 2. The Hall–Kier alpha value is -0.233. The Labute approximate surface area is 137 Å². The lowest BCUT2D eigenvalue weighted by Gasteiger charge is -2.38. The van der Waals surface area contributed by atoms with Gasteiger partial charge >= 0.3 is 0 Å². The van der Waals surface area contributed by atoms with Gasteiger partial charge in [0, 0.05) is 26.2 Å². The molecule has 1 fully saturated rings. The maximum atomic E-state index is 12.7. The van der Waals surface area contributed by atoms with Gasteiger partial charge in [0.05, 0.1) is 5.92 Å². The van der Waals surface area contributed by atoms with Crippen molar-refractivity contribution >= 4 is 14.1 Å². The van der Waals surface area contributed by atoms with E-state index in [1.165, 1.54) is 0 Å². The summed E-state index contributed by atoms with van der Waals surface area (Å²) in [6, 6.07) is 0. The van der Waals surface area contributed by atoms with Crippen LogP contribution in [0.2, 0.25) is 18.1 Å². The van der Waals surface area contributed by atoms with Crippen molar-refractivity contribution in [3.8, 4) is 0 Å². The lowest BCUT2D eigenvalue weighted by molar-refractivity contribution is -0.156. The van der Waals surface area contributed by atoms with Gasteiger partial charge < -0.3 is 13.9 Å². The molecule has 0 N–H and O–H groups in total. The minimum atomic E-state index is -1.80. The Morgan fingerprint density at radius 3 is 2.14 bits per heavy atom. The first-order chi connectivity index (χ1) is 9.88. The minimum Gasteiger partial charge on any atom is -0.417 e. The van der Waals surface area contributed by atoms with Crippen LogP contribution in [-0.2, 0) is 18.7 Å². The molecule has 0 aromatic heterocycles. The molecule has 1 unspecified atom stereocenters. The van der Waals surface area contributed by atoms with E-state index in [4.69, 9.17) is 13.9 Å². The highest BCUT2D eigenvalue weighted by molar-refractivity contribution is 6.74. The van der Waals surface area contributed by atoms with Crippen LogP contribution in [0.1, 0.15) is 41.0 Å². The number of methoxy groups -OCH3 is 2. The fourth-order valence-corrected chi connectivity index (χ4v) is 3.90. The summed E-state index contributed by atoms with van der Waals surface area (Å²) in [6.45, 7) is 15.9.